The molecule has 3 rings (SSSR count). The Morgan fingerprint density at radius 3 is 2.74 bits per heavy atom. The number of nitrogens with zero attached hydrogens (tertiary/aromatic N) is 1. The average molecular weight is 343 g/mol. The molecule has 118 valence electrons. The molecule has 0 radical (unpaired) electrons. The van der Waals surface area contributed by atoms with E-state index in [2.05, 4.69) is 11.9 Å². The maximum absolute atomic E-state index is 12.2. The molecule has 1 aliphatic heterocycles. The topological polar surface area (TPSA) is 38.7 Å². The molecule has 0 N–H and O–H groups in total. The van der Waals surface area contributed by atoms with Gasteiger partial charge in [0.2, 0.25) is 5.12 Å². The van der Waals surface area contributed by atoms with E-state index in [1.807, 2.05) is 42.5 Å². The summed E-state index contributed by atoms with van der Waals surface area (Å²) in [6.07, 6.45) is 2.94. The van der Waals surface area contributed by atoms with Gasteiger partial charge >= 0.3 is 0 Å². The molecule has 2 aromatic rings. The van der Waals surface area contributed by atoms with E-state index in [-0.39, 0.29) is 5.12 Å². The molecule has 0 amide bonds. The lowest BCUT2D eigenvalue weighted by molar-refractivity contribution is -0.107. The summed E-state index contributed by atoms with van der Waals surface area (Å²) >= 11 is 2.87. The molecule has 1 heterocycles. The molecule has 0 saturated carbocycles. The van der Waals surface area contributed by atoms with Crippen LogP contribution in [0.2, 0.25) is 0 Å². The van der Waals surface area contributed by atoms with Gasteiger partial charge in [0.1, 0.15) is 15.8 Å². The second-order valence-corrected chi connectivity index (χ2v) is 7.35. The van der Waals surface area contributed by atoms with Gasteiger partial charge in [-0.25, -0.2) is 4.99 Å². The Labute approximate surface area is 144 Å². The maximum Gasteiger partial charge on any atom is 0.244 e. The van der Waals surface area contributed by atoms with Crippen LogP contribution in [-0.2, 0) is 4.79 Å². The van der Waals surface area contributed by atoms with Crippen molar-refractivity contribution in [2.75, 3.05) is 12.9 Å². The van der Waals surface area contributed by atoms with Crippen molar-refractivity contribution in [3.63, 3.8) is 0 Å². The Bertz CT molecular complexity index is 812. The highest BCUT2D eigenvalue weighted by atomic mass is 32.2. The quantitative estimate of drug-likeness (QED) is 0.735. The predicted molar refractivity (Wildman–Crippen MR) is 101 cm³/mol. The Kier molecular flexibility index (Phi) is 5.08. The lowest BCUT2D eigenvalue weighted by Crippen LogP contribution is -1.90. The van der Waals surface area contributed by atoms with Crippen molar-refractivity contribution in [3.8, 4) is 5.75 Å². The molecule has 0 saturated heterocycles. The molecule has 0 unspecified atom stereocenters. The Balaban J connectivity index is 2.01. The van der Waals surface area contributed by atoms with Gasteiger partial charge < -0.3 is 4.74 Å². The summed E-state index contributed by atoms with van der Waals surface area (Å²) in [6, 6.07) is 11.9. The van der Waals surface area contributed by atoms with Gasteiger partial charge in [-0.2, -0.15) is 0 Å². The first-order valence-electron chi connectivity index (χ1n) is 7.44. The number of hydrogen-bond acceptors (Lipinski definition) is 5. The second-order valence-electron chi connectivity index (χ2n) is 5.05. The van der Waals surface area contributed by atoms with Crippen LogP contribution in [0.5, 0.6) is 5.75 Å². The maximum atomic E-state index is 12.2. The van der Waals surface area contributed by atoms with Crippen molar-refractivity contribution in [1.82, 2.24) is 0 Å². The van der Waals surface area contributed by atoms with Crippen molar-refractivity contribution < 1.29 is 9.53 Å². The van der Waals surface area contributed by atoms with E-state index in [9.17, 15) is 4.79 Å². The van der Waals surface area contributed by atoms with E-state index < -0.39 is 0 Å². The highest BCUT2D eigenvalue weighted by Gasteiger charge is 2.22. The van der Waals surface area contributed by atoms with Crippen LogP contribution in [0.1, 0.15) is 18.9 Å². The van der Waals surface area contributed by atoms with Gasteiger partial charge in [0.25, 0.3) is 0 Å². The minimum atomic E-state index is 0.0171. The number of carbonyl (C=O) groups is 1. The highest BCUT2D eigenvalue weighted by molar-refractivity contribution is 8.45. The van der Waals surface area contributed by atoms with E-state index in [4.69, 9.17) is 4.74 Å². The van der Waals surface area contributed by atoms with Crippen molar-refractivity contribution >= 4 is 49.9 Å². The fourth-order valence-electron chi connectivity index (χ4n) is 2.39. The fraction of sp³-hybridized carbons (Fsp3) is 0.222. The third-order valence-corrected chi connectivity index (χ3v) is 5.68. The SMILES string of the molecule is CCCSC1=N/C(=C/c2ccc(OC)c3ccccc23)C(=O)S1. The van der Waals surface area contributed by atoms with Crippen LogP contribution in [0.15, 0.2) is 47.1 Å². The number of fused-ring (bicyclic) bond motifs is 1. The van der Waals surface area contributed by atoms with Crippen LogP contribution in [0.4, 0.5) is 0 Å². The van der Waals surface area contributed by atoms with Gasteiger partial charge in [-0.3, -0.25) is 4.79 Å². The van der Waals surface area contributed by atoms with E-state index in [0.29, 0.717) is 5.70 Å². The number of methoxy groups -OCH3 is 1. The number of rotatable bonds is 4. The minimum absolute atomic E-state index is 0.0171. The lowest BCUT2D eigenvalue weighted by atomic mass is 10.0. The Morgan fingerprint density at radius 1 is 1.22 bits per heavy atom. The van der Waals surface area contributed by atoms with Crippen molar-refractivity contribution in [2.45, 2.75) is 13.3 Å². The summed E-state index contributed by atoms with van der Waals surface area (Å²) in [6.45, 7) is 2.12. The monoisotopic (exact) mass is 343 g/mol. The Hall–Kier alpha value is -1.72. The smallest absolute Gasteiger partial charge is 0.244 e. The molecule has 0 bridgehead atoms. The van der Waals surface area contributed by atoms with Crippen LogP contribution in [0.25, 0.3) is 16.8 Å². The molecule has 0 spiro atoms. The largest absolute Gasteiger partial charge is 0.496 e. The molecule has 0 fully saturated rings. The summed E-state index contributed by atoms with van der Waals surface area (Å²) < 4.78 is 6.26. The molecule has 3 nitrogen and oxygen atoms in total. The predicted octanol–water partition coefficient (Wildman–Crippen LogP) is 4.96. The van der Waals surface area contributed by atoms with Crippen LogP contribution in [0.3, 0.4) is 0 Å². The van der Waals surface area contributed by atoms with E-state index >= 15 is 0 Å². The van der Waals surface area contributed by atoms with E-state index in [1.165, 1.54) is 11.8 Å². The average Bonchev–Trinajstić information content (AvgIpc) is 2.93. The van der Waals surface area contributed by atoms with Gasteiger partial charge in [-0.1, -0.05) is 49.0 Å². The van der Waals surface area contributed by atoms with Crippen LogP contribution < -0.4 is 4.74 Å². The van der Waals surface area contributed by atoms with Crippen molar-refractivity contribution in [3.05, 3.63) is 47.7 Å². The number of ether oxygens (including phenoxy) is 1. The van der Waals surface area contributed by atoms with Crippen LogP contribution in [0, 0.1) is 0 Å². The first kappa shape index (κ1) is 16.1. The molecule has 0 aliphatic carbocycles. The first-order chi connectivity index (χ1) is 11.2. The normalized spacial score (nSPS) is 16.2. The molecule has 5 heteroatoms. The molecule has 23 heavy (non-hydrogen) atoms. The Morgan fingerprint density at radius 2 is 2.00 bits per heavy atom. The van der Waals surface area contributed by atoms with Crippen LogP contribution >= 0.6 is 23.5 Å². The molecular formula is C18H17NO2S2. The van der Waals surface area contributed by atoms with Gasteiger partial charge in [0.05, 0.1) is 7.11 Å². The first-order valence-corrected chi connectivity index (χ1v) is 9.24. The summed E-state index contributed by atoms with van der Waals surface area (Å²) in [5, 5.41) is 2.11. The zero-order valence-corrected chi connectivity index (χ0v) is 14.7. The van der Waals surface area contributed by atoms with Crippen LogP contribution in [-0.4, -0.2) is 22.4 Å². The van der Waals surface area contributed by atoms with Crippen molar-refractivity contribution in [2.24, 2.45) is 4.99 Å². The standard InChI is InChI=1S/C18H17NO2S2/c1-3-10-22-18-19-15(17(20)23-18)11-12-8-9-16(21-2)14-7-5-4-6-13(12)14/h4-9,11H,3,10H2,1-2H3/b15-11+. The number of hydrogen-bond donors (Lipinski definition) is 0. The zero-order valence-electron chi connectivity index (χ0n) is 13.0. The molecular weight excluding hydrogens is 326 g/mol. The zero-order chi connectivity index (χ0) is 16.2. The van der Waals surface area contributed by atoms with Gasteiger partial charge in [0, 0.05) is 5.39 Å². The summed E-state index contributed by atoms with van der Waals surface area (Å²) in [7, 11) is 1.67. The van der Waals surface area contributed by atoms with Gasteiger partial charge in [-0.05, 0) is 47.0 Å². The van der Waals surface area contributed by atoms with Crippen molar-refractivity contribution in [1.29, 1.82) is 0 Å². The summed E-state index contributed by atoms with van der Waals surface area (Å²) in [5.74, 6) is 1.82. The van der Waals surface area contributed by atoms with Gasteiger partial charge in [-0.15, -0.1) is 0 Å². The lowest BCUT2D eigenvalue weighted by Gasteiger charge is -2.08. The number of carbonyl (C=O) groups excluding carboxylic acids is 1. The number of aliphatic imine (C=N–C) groups is 1. The van der Waals surface area contributed by atoms with Gasteiger partial charge in [0.15, 0.2) is 0 Å². The van der Waals surface area contributed by atoms with E-state index in [1.54, 1.807) is 18.9 Å². The number of thioether (sulfide) groups is 2. The van der Waals surface area contributed by atoms with E-state index in [0.717, 1.165) is 38.6 Å². The third-order valence-electron chi connectivity index (χ3n) is 3.46. The third kappa shape index (κ3) is 3.46. The molecule has 0 atom stereocenters. The second kappa shape index (κ2) is 7.23. The minimum Gasteiger partial charge on any atom is -0.496 e. The fourth-order valence-corrected chi connectivity index (χ4v) is 4.15. The highest BCUT2D eigenvalue weighted by Crippen LogP contribution is 2.34. The summed E-state index contributed by atoms with van der Waals surface area (Å²) in [5.41, 5.74) is 1.50. The summed E-state index contributed by atoms with van der Waals surface area (Å²) in [4.78, 5) is 16.6. The number of benzene rings is 2. The molecule has 1 aliphatic rings. The molecule has 2 aromatic carbocycles. The molecule has 0 aromatic heterocycles.